The Morgan fingerprint density at radius 2 is 2.12 bits per heavy atom. The SMILES string of the molecule is C[C@H]1CCN[C@H](C)C1. The van der Waals surface area contributed by atoms with Gasteiger partial charge in [0.15, 0.2) is 0 Å². The third-order valence-electron chi connectivity index (χ3n) is 1.89. The van der Waals surface area contributed by atoms with Crippen molar-refractivity contribution < 1.29 is 0 Å². The van der Waals surface area contributed by atoms with E-state index in [0.29, 0.717) is 0 Å². The van der Waals surface area contributed by atoms with Gasteiger partial charge in [-0.15, -0.1) is 0 Å². The van der Waals surface area contributed by atoms with Gasteiger partial charge >= 0.3 is 0 Å². The van der Waals surface area contributed by atoms with E-state index >= 15 is 0 Å². The van der Waals surface area contributed by atoms with Crippen LogP contribution in [-0.4, -0.2) is 12.6 Å². The number of hydrogen-bond acceptors (Lipinski definition) is 1. The molecule has 8 heavy (non-hydrogen) atoms. The fraction of sp³-hybridized carbons (Fsp3) is 1.00. The van der Waals surface area contributed by atoms with Crippen LogP contribution in [0, 0.1) is 5.92 Å². The van der Waals surface area contributed by atoms with Crippen LogP contribution in [0.2, 0.25) is 0 Å². The topological polar surface area (TPSA) is 12.0 Å². The summed E-state index contributed by atoms with van der Waals surface area (Å²) < 4.78 is 0. The minimum absolute atomic E-state index is 0.763. The van der Waals surface area contributed by atoms with Gasteiger partial charge in [0.1, 0.15) is 0 Å². The quantitative estimate of drug-likeness (QED) is 0.500. The van der Waals surface area contributed by atoms with Crippen LogP contribution in [0.25, 0.3) is 0 Å². The second-order valence-electron chi connectivity index (χ2n) is 2.98. The summed E-state index contributed by atoms with van der Waals surface area (Å²) in [6.07, 6.45) is 2.73. The van der Waals surface area contributed by atoms with Crippen LogP contribution < -0.4 is 5.32 Å². The van der Waals surface area contributed by atoms with Crippen molar-refractivity contribution in [3.05, 3.63) is 0 Å². The zero-order chi connectivity index (χ0) is 5.98. The fourth-order valence-corrected chi connectivity index (χ4v) is 1.38. The van der Waals surface area contributed by atoms with Gasteiger partial charge in [0.25, 0.3) is 0 Å². The molecule has 0 aliphatic carbocycles. The molecule has 0 aromatic heterocycles. The van der Waals surface area contributed by atoms with E-state index in [2.05, 4.69) is 19.2 Å². The van der Waals surface area contributed by atoms with E-state index < -0.39 is 0 Å². The molecular formula is C7H15N. The molecule has 0 aromatic rings. The molecule has 1 nitrogen and oxygen atoms in total. The Balaban J connectivity index is 2.23. The van der Waals surface area contributed by atoms with Crippen molar-refractivity contribution >= 4 is 0 Å². The molecule has 1 N–H and O–H groups in total. The third kappa shape index (κ3) is 1.48. The first kappa shape index (κ1) is 6.09. The number of piperidine rings is 1. The third-order valence-corrected chi connectivity index (χ3v) is 1.89. The zero-order valence-electron chi connectivity index (χ0n) is 5.78. The summed E-state index contributed by atoms with van der Waals surface area (Å²) in [5.74, 6) is 0.950. The van der Waals surface area contributed by atoms with Gasteiger partial charge < -0.3 is 5.32 Å². The lowest BCUT2D eigenvalue weighted by Gasteiger charge is -2.24. The molecule has 1 heteroatoms. The van der Waals surface area contributed by atoms with E-state index in [-0.39, 0.29) is 0 Å². The largest absolute Gasteiger partial charge is 0.314 e. The van der Waals surface area contributed by atoms with E-state index in [1.165, 1.54) is 19.4 Å². The highest BCUT2D eigenvalue weighted by Gasteiger charge is 2.12. The molecule has 0 amide bonds. The highest BCUT2D eigenvalue weighted by Crippen LogP contribution is 2.13. The predicted molar refractivity (Wildman–Crippen MR) is 35.9 cm³/mol. The molecule has 1 heterocycles. The standard InChI is InChI=1S/C7H15N/c1-6-3-4-8-7(2)5-6/h6-8H,3-5H2,1-2H3/t6-,7+/m0/s1. The fourth-order valence-electron chi connectivity index (χ4n) is 1.38. The minimum atomic E-state index is 0.763. The Kier molecular flexibility index (Phi) is 1.90. The first-order chi connectivity index (χ1) is 3.79. The Labute approximate surface area is 51.5 Å². The Morgan fingerprint density at radius 1 is 1.38 bits per heavy atom. The van der Waals surface area contributed by atoms with E-state index in [1.54, 1.807) is 0 Å². The summed E-state index contributed by atoms with van der Waals surface area (Å²) in [6, 6.07) is 0.763. The second kappa shape index (κ2) is 2.49. The lowest BCUT2D eigenvalue weighted by molar-refractivity contribution is 0.336. The predicted octanol–water partition coefficient (Wildman–Crippen LogP) is 1.39. The molecule has 1 fully saturated rings. The molecule has 1 saturated heterocycles. The van der Waals surface area contributed by atoms with Gasteiger partial charge in [0, 0.05) is 6.04 Å². The maximum absolute atomic E-state index is 3.41. The van der Waals surface area contributed by atoms with Crippen molar-refractivity contribution in [2.45, 2.75) is 32.7 Å². The van der Waals surface area contributed by atoms with Gasteiger partial charge in [-0.05, 0) is 32.2 Å². The van der Waals surface area contributed by atoms with Crippen LogP contribution in [0.3, 0.4) is 0 Å². The monoisotopic (exact) mass is 113 g/mol. The van der Waals surface area contributed by atoms with Gasteiger partial charge in [0.2, 0.25) is 0 Å². The van der Waals surface area contributed by atoms with Crippen LogP contribution in [0.1, 0.15) is 26.7 Å². The lowest BCUT2D eigenvalue weighted by atomic mass is 9.96. The van der Waals surface area contributed by atoms with Gasteiger partial charge in [-0.1, -0.05) is 6.92 Å². The lowest BCUT2D eigenvalue weighted by Crippen LogP contribution is -2.34. The van der Waals surface area contributed by atoms with Crippen molar-refractivity contribution in [2.24, 2.45) is 5.92 Å². The molecule has 48 valence electrons. The van der Waals surface area contributed by atoms with E-state index in [4.69, 9.17) is 0 Å². The molecule has 0 unspecified atom stereocenters. The minimum Gasteiger partial charge on any atom is -0.314 e. The van der Waals surface area contributed by atoms with E-state index in [9.17, 15) is 0 Å². The maximum Gasteiger partial charge on any atom is 0.00412 e. The Bertz CT molecular complexity index is 62.8. The average molecular weight is 113 g/mol. The van der Waals surface area contributed by atoms with Gasteiger partial charge in [-0.25, -0.2) is 0 Å². The Morgan fingerprint density at radius 3 is 2.50 bits per heavy atom. The van der Waals surface area contributed by atoms with Crippen molar-refractivity contribution in [3.8, 4) is 0 Å². The van der Waals surface area contributed by atoms with Crippen LogP contribution in [0.5, 0.6) is 0 Å². The van der Waals surface area contributed by atoms with Gasteiger partial charge in [-0.2, -0.15) is 0 Å². The number of nitrogens with one attached hydrogen (secondary N) is 1. The molecule has 0 bridgehead atoms. The molecule has 1 aliphatic rings. The average Bonchev–Trinajstić information content (AvgIpc) is 1.64. The van der Waals surface area contributed by atoms with Crippen molar-refractivity contribution in [2.75, 3.05) is 6.54 Å². The van der Waals surface area contributed by atoms with Gasteiger partial charge in [0.05, 0.1) is 0 Å². The summed E-state index contributed by atoms with van der Waals surface area (Å²) in [7, 11) is 0. The highest BCUT2D eigenvalue weighted by atomic mass is 14.9. The van der Waals surface area contributed by atoms with Gasteiger partial charge in [-0.3, -0.25) is 0 Å². The first-order valence-electron chi connectivity index (χ1n) is 3.52. The van der Waals surface area contributed by atoms with Crippen LogP contribution in [0.15, 0.2) is 0 Å². The Hall–Kier alpha value is -0.0400. The highest BCUT2D eigenvalue weighted by molar-refractivity contribution is 4.71. The normalized spacial score (nSPS) is 39.8. The number of hydrogen-bond donors (Lipinski definition) is 1. The summed E-state index contributed by atoms with van der Waals surface area (Å²) in [6.45, 7) is 5.81. The smallest absolute Gasteiger partial charge is 0.00412 e. The van der Waals surface area contributed by atoms with Crippen LogP contribution in [-0.2, 0) is 0 Å². The van der Waals surface area contributed by atoms with Crippen molar-refractivity contribution in [1.82, 2.24) is 5.32 Å². The molecule has 0 aromatic carbocycles. The maximum atomic E-state index is 3.41. The summed E-state index contributed by atoms with van der Waals surface area (Å²) >= 11 is 0. The van der Waals surface area contributed by atoms with E-state index in [0.717, 1.165) is 12.0 Å². The molecule has 1 aliphatic heterocycles. The van der Waals surface area contributed by atoms with Crippen LogP contribution >= 0.6 is 0 Å². The molecular weight excluding hydrogens is 98.1 g/mol. The number of rotatable bonds is 0. The molecule has 0 saturated carbocycles. The molecule has 0 spiro atoms. The molecule has 1 rings (SSSR count). The second-order valence-corrected chi connectivity index (χ2v) is 2.98. The van der Waals surface area contributed by atoms with Crippen molar-refractivity contribution in [1.29, 1.82) is 0 Å². The molecule has 0 radical (unpaired) electrons. The van der Waals surface area contributed by atoms with Crippen LogP contribution in [0.4, 0.5) is 0 Å². The zero-order valence-corrected chi connectivity index (χ0v) is 5.78. The van der Waals surface area contributed by atoms with Crippen molar-refractivity contribution in [3.63, 3.8) is 0 Å². The first-order valence-corrected chi connectivity index (χ1v) is 3.52. The summed E-state index contributed by atoms with van der Waals surface area (Å²) in [4.78, 5) is 0. The summed E-state index contributed by atoms with van der Waals surface area (Å²) in [5.41, 5.74) is 0. The summed E-state index contributed by atoms with van der Waals surface area (Å²) in [5, 5.41) is 3.41. The molecule has 2 atom stereocenters. The van der Waals surface area contributed by atoms with E-state index in [1.807, 2.05) is 0 Å².